The lowest BCUT2D eigenvalue weighted by Gasteiger charge is -2.32. The number of piperidine rings is 1. The highest BCUT2D eigenvalue weighted by Crippen LogP contribution is 2.38. The van der Waals surface area contributed by atoms with Gasteiger partial charge in [-0.1, -0.05) is 0 Å². The molecule has 3 aliphatic rings. The minimum absolute atomic E-state index is 0.0641. The Balaban J connectivity index is 1.23. The number of nitrogens with two attached hydrogens (primary N) is 1. The van der Waals surface area contributed by atoms with E-state index in [0.29, 0.717) is 35.7 Å². The van der Waals surface area contributed by atoms with Crippen molar-refractivity contribution < 1.29 is 27.4 Å². The maximum atomic E-state index is 13.0. The second-order valence-electron chi connectivity index (χ2n) is 10.0. The number of quaternary nitrogens is 1. The van der Waals surface area contributed by atoms with E-state index in [2.05, 4.69) is 19.7 Å². The van der Waals surface area contributed by atoms with Crippen molar-refractivity contribution in [1.29, 1.82) is 0 Å². The quantitative estimate of drug-likeness (QED) is 0.331. The lowest BCUT2D eigenvalue weighted by molar-refractivity contribution is -0.750. The van der Waals surface area contributed by atoms with Crippen LogP contribution in [-0.4, -0.2) is 55.8 Å². The van der Waals surface area contributed by atoms with Crippen LogP contribution in [-0.2, 0) is 6.18 Å². The second-order valence-corrected chi connectivity index (χ2v) is 10.7. The Kier molecular flexibility index (Phi) is 7.04. The average Bonchev–Trinajstić information content (AvgIpc) is 3.63. The number of aliphatic imine (C=N–C) groups is 2. The highest BCUT2D eigenvalue weighted by molar-refractivity contribution is 7.03. The summed E-state index contributed by atoms with van der Waals surface area (Å²) in [5, 5.41) is 4.14. The van der Waals surface area contributed by atoms with E-state index >= 15 is 0 Å². The number of anilines is 1. The summed E-state index contributed by atoms with van der Waals surface area (Å²) in [6, 6.07) is 8.06. The molecule has 1 saturated heterocycles. The number of hydrogen-bond acceptors (Lipinski definition) is 8. The van der Waals surface area contributed by atoms with Gasteiger partial charge in [-0.05, 0) is 60.8 Å². The fourth-order valence-corrected chi connectivity index (χ4v) is 5.73. The number of amides is 2. The van der Waals surface area contributed by atoms with Crippen LogP contribution in [0.3, 0.4) is 0 Å². The first-order chi connectivity index (χ1) is 20.1. The number of carbonyl (C=O) groups excluding carboxylic acids is 2. The van der Waals surface area contributed by atoms with Crippen molar-refractivity contribution in [2.75, 3.05) is 18.4 Å². The van der Waals surface area contributed by atoms with Crippen molar-refractivity contribution in [3.63, 3.8) is 0 Å². The van der Waals surface area contributed by atoms with Gasteiger partial charge in [-0.3, -0.25) is 14.6 Å². The predicted octanol–water partition coefficient (Wildman–Crippen LogP) is 4.58. The largest absolute Gasteiger partial charge is 0.416 e. The van der Waals surface area contributed by atoms with Crippen LogP contribution in [0.5, 0.6) is 0 Å². The molecule has 0 saturated carbocycles. The topological polar surface area (TPSA) is 126 Å². The summed E-state index contributed by atoms with van der Waals surface area (Å²) in [6.45, 7) is 1.12. The second kappa shape index (κ2) is 10.7. The summed E-state index contributed by atoms with van der Waals surface area (Å²) in [5.74, 6) is 6.42. The zero-order valence-corrected chi connectivity index (χ0v) is 22.8. The molecule has 2 atom stereocenters. The number of nitrogens with one attached hydrogen (secondary N) is 1. The molecular formula is C28H24F3N8O2S+. The van der Waals surface area contributed by atoms with Gasteiger partial charge in [0.05, 0.1) is 35.3 Å². The summed E-state index contributed by atoms with van der Waals surface area (Å²) < 4.78 is 42.9. The number of likely N-dealkylation sites (tertiary alicyclic amines) is 1. The molecule has 0 aliphatic carbocycles. The Morgan fingerprint density at radius 3 is 2.69 bits per heavy atom. The van der Waals surface area contributed by atoms with Crippen LogP contribution < -0.4 is 11.2 Å². The Hall–Kier alpha value is -4.53. The zero-order valence-electron chi connectivity index (χ0n) is 22.0. The van der Waals surface area contributed by atoms with Gasteiger partial charge < -0.3 is 10.2 Å². The van der Waals surface area contributed by atoms with Crippen molar-refractivity contribution >= 4 is 41.2 Å². The summed E-state index contributed by atoms with van der Waals surface area (Å²) in [6.07, 6.45) is 4.61. The van der Waals surface area contributed by atoms with Gasteiger partial charge in [0.25, 0.3) is 17.6 Å². The summed E-state index contributed by atoms with van der Waals surface area (Å²) in [4.78, 5) is 40.6. The van der Waals surface area contributed by atoms with E-state index in [1.54, 1.807) is 54.5 Å². The zero-order chi connectivity index (χ0) is 29.5. The highest BCUT2D eigenvalue weighted by Gasteiger charge is 2.46. The number of allylic oxidation sites excluding steroid dienone is 1. The molecule has 2 aromatic heterocycles. The summed E-state index contributed by atoms with van der Waals surface area (Å²) in [7, 11) is 0. The Morgan fingerprint density at radius 1 is 1.14 bits per heavy atom. The number of aromatic nitrogens is 2. The van der Waals surface area contributed by atoms with E-state index < -0.39 is 17.6 Å². The van der Waals surface area contributed by atoms with E-state index in [1.807, 2.05) is 4.90 Å². The number of nitrogens with zero attached hydrogens (tertiary/aromatic N) is 6. The number of amidine groups is 1. The molecule has 2 amide bonds. The summed E-state index contributed by atoms with van der Waals surface area (Å²) in [5.41, 5.74) is 1.96. The Bertz CT molecular complexity index is 1660. The molecule has 3 N–H and O–H groups in total. The number of hydrogen-bond donors (Lipinski definition) is 2. The number of benzene rings is 1. The average molecular weight is 594 g/mol. The highest BCUT2D eigenvalue weighted by atomic mass is 32.1. The smallest absolute Gasteiger partial charge is 0.338 e. The molecule has 0 radical (unpaired) electrons. The normalized spacial score (nSPS) is 21.8. The molecule has 214 valence electrons. The van der Waals surface area contributed by atoms with Crippen molar-refractivity contribution in [1.82, 2.24) is 14.3 Å². The molecule has 42 heavy (non-hydrogen) atoms. The fraction of sp³-hybridized carbons (Fsp3) is 0.214. The van der Waals surface area contributed by atoms with Gasteiger partial charge in [-0.25, -0.2) is 9.36 Å². The summed E-state index contributed by atoms with van der Waals surface area (Å²) >= 11 is 1.23. The molecule has 10 nitrogen and oxygen atoms in total. The minimum Gasteiger partial charge on any atom is -0.338 e. The van der Waals surface area contributed by atoms with Gasteiger partial charge in [0.2, 0.25) is 5.70 Å². The van der Waals surface area contributed by atoms with Crippen molar-refractivity contribution in [2.45, 2.75) is 19.0 Å². The van der Waals surface area contributed by atoms with Gasteiger partial charge in [-0.2, -0.15) is 24.0 Å². The maximum absolute atomic E-state index is 13.0. The van der Waals surface area contributed by atoms with Crippen LogP contribution >= 0.6 is 11.5 Å². The van der Waals surface area contributed by atoms with Crippen LogP contribution in [0.1, 0.15) is 44.7 Å². The molecule has 6 rings (SSSR count). The van der Waals surface area contributed by atoms with Crippen LogP contribution in [0, 0.1) is 5.92 Å². The Labute approximate surface area is 242 Å². The van der Waals surface area contributed by atoms with Gasteiger partial charge >= 0.3 is 6.18 Å². The SMILES string of the molecule is N[N+]12C=CN=CC1=C([C@@H]1CCCN(C(=O)c3cnsc3)C1)N=C2c1ccc(C(=O)Nc2cc(C(F)(F)F)ccn2)cc1. The van der Waals surface area contributed by atoms with Gasteiger partial charge in [0, 0.05) is 36.1 Å². The lowest BCUT2D eigenvalue weighted by Crippen LogP contribution is -2.53. The van der Waals surface area contributed by atoms with Gasteiger partial charge in [0.1, 0.15) is 17.7 Å². The molecular weight excluding hydrogens is 569 g/mol. The van der Waals surface area contributed by atoms with Gasteiger partial charge in [-0.15, -0.1) is 4.59 Å². The van der Waals surface area contributed by atoms with Crippen LogP contribution in [0.25, 0.3) is 0 Å². The number of pyridine rings is 1. The molecule has 3 aliphatic heterocycles. The molecule has 1 fully saturated rings. The number of rotatable bonds is 5. The fourth-order valence-electron chi connectivity index (χ4n) is 5.22. The number of fused-ring (bicyclic) bond motifs is 1. The van der Waals surface area contributed by atoms with E-state index in [4.69, 9.17) is 10.8 Å². The Morgan fingerprint density at radius 2 is 1.95 bits per heavy atom. The van der Waals surface area contributed by atoms with Crippen LogP contribution in [0.4, 0.5) is 19.0 Å². The van der Waals surface area contributed by atoms with Crippen molar-refractivity contribution in [3.8, 4) is 0 Å². The maximum Gasteiger partial charge on any atom is 0.416 e. The van der Waals surface area contributed by atoms with E-state index in [1.165, 1.54) is 11.5 Å². The van der Waals surface area contributed by atoms with Crippen LogP contribution in [0.2, 0.25) is 0 Å². The third-order valence-electron chi connectivity index (χ3n) is 7.33. The van der Waals surface area contributed by atoms with E-state index in [0.717, 1.165) is 36.9 Å². The van der Waals surface area contributed by atoms with Crippen molar-refractivity contribution in [2.24, 2.45) is 21.7 Å². The van der Waals surface area contributed by atoms with E-state index in [9.17, 15) is 22.8 Å². The predicted molar refractivity (Wildman–Crippen MR) is 150 cm³/mol. The molecule has 5 heterocycles. The lowest BCUT2D eigenvalue weighted by atomic mass is 9.93. The van der Waals surface area contributed by atoms with Gasteiger partial charge in [0.15, 0.2) is 0 Å². The molecule has 0 spiro atoms. The number of carbonyl (C=O) groups is 2. The first kappa shape index (κ1) is 27.6. The molecule has 1 unspecified atom stereocenters. The molecule has 3 aromatic rings. The first-order valence-corrected chi connectivity index (χ1v) is 13.8. The molecule has 0 bridgehead atoms. The molecule has 1 aromatic carbocycles. The van der Waals surface area contributed by atoms with Crippen molar-refractivity contribution in [3.05, 3.63) is 100 Å². The number of halogens is 3. The third-order valence-corrected chi connectivity index (χ3v) is 7.92. The standard InChI is InChI=1S/C28H23F3N8O2S/c29-28(30,31)21-7-8-34-23(12-21)36-26(40)18-5-3-17(4-6-18)25-37-24(22-14-33-9-11-39(22,25)32)19-2-1-10-38(15-19)27(41)20-13-35-42-16-20/h3-9,11-14,16,19H,1-2,10,15,32H2/p+1/t19-,39?/m1/s1. The van der Waals surface area contributed by atoms with Crippen LogP contribution in [0.15, 0.2) is 88.0 Å². The third kappa shape index (κ3) is 5.15. The first-order valence-electron chi connectivity index (χ1n) is 13.0. The molecule has 14 heteroatoms. The number of alkyl halides is 3. The monoisotopic (exact) mass is 593 g/mol. The minimum atomic E-state index is -4.56. The van der Waals surface area contributed by atoms with E-state index in [-0.39, 0.29) is 27.8 Å².